The van der Waals surface area contributed by atoms with Crippen molar-refractivity contribution >= 4 is 28.6 Å². The summed E-state index contributed by atoms with van der Waals surface area (Å²) >= 11 is 1.72. The number of rotatable bonds is 4. The minimum atomic E-state index is -0.506. The summed E-state index contributed by atoms with van der Waals surface area (Å²) in [5.74, 6) is 0.774. The molecule has 2 aliphatic rings. The van der Waals surface area contributed by atoms with Gasteiger partial charge in [0.2, 0.25) is 5.91 Å². The Morgan fingerprint density at radius 3 is 2.88 bits per heavy atom. The van der Waals surface area contributed by atoms with Gasteiger partial charge in [-0.25, -0.2) is 0 Å². The molecule has 5 nitrogen and oxygen atoms in total. The number of carbonyl (C=O) groups is 1. The maximum atomic E-state index is 12.9. The highest BCUT2D eigenvalue weighted by Gasteiger charge is 2.67. The third-order valence-corrected chi connectivity index (χ3v) is 6.85. The van der Waals surface area contributed by atoms with E-state index in [0.29, 0.717) is 5.92 Å². The molecule has 1 aliphatic heterocycles. The molecule has 6 heteroatoms. The summed E-state index contributed by atoms with van der Waals surface area (Å²) in [7, 11) is 1.97. The standard InChI is InChI=1S/C19H26N4OS/c1-18(2,21-17(24)14-12-9-20-10-19(12,14)3)16-11-7-6-8-13(25-5)15(11)23(4)22-16/h6-8,12,14,20H,9-10H2,1-5H3,(H,21,24)/t12-,14+,19-/m0/s1. The van der Waals surface area contributed by atoms with Gasteiger partial charge < -0.3 is 10.6 Å². The number of hydrogen-bond acceptors (Lipinski definition) is 4. The van der Waals surface area contributed by atoms with Crippen molar-refractivity contribution in [2.45, 2.75) is 31.2 Å². The van der Waals surface area contributed by atoms with Crippen LogP contribution in [0.1, 0.15) is 26.5 Å². The van der Waals surface area contributed by atoms with Gasteiger partial charge in [0, 0.05) is 29.8 Å². The molecule has 0 radical (unpaired) electrons. The van der Waals surface area contributed by atoms with E-state index in [1.165, 1.54) is 4.90 Å². The highest BCUT2D eigenvalue weighted by molar-refractivity contribution is 7.98. The second-order valence-corrected chi connectivity index (χ2v) is 9.01. The summed E-state index contributed by atoms with van der Waals surface area (Å²) < 4.78 is 1.93. The minimum absolute atomic E-state index is 0.129. The summed E-state index contributed by atoms with van der Waals surface area (Å²) in [6, 6.07) is 6.28. The Morgan fingerprint density at radius 1 is 1.48 bits per heavy atom. The van der Waals surface area contributed by atoms with Crippen LogP contribution in [0.15, 0.2) is 23.1 Å². The number of hydrogen-bond donors (Lipinski definition) is 2. The highest BCUT2D eigenvalue weighted by Crippen LogP contribution is 2.60. The number of nitrogens with zero attached hydrogens (tertiary/aromatic N) is 2. The maximum Gasteiger partial charge on any atom is 0.224 e. The number of carbonyl (C=O) groups excluding carboxylic acids is 1. The second kappa shape index (κ2) is 5.48. The molecule has 0 spiro atoms. The van der Waals surface area contributed by atoms with Crippen molar-refractivity contribution in [3.05, 3.63) is 23.9 Å². The fourth-order valence-electron chi connectivity index (χ4n) is 4.60. The zero-order valence-electron chi connectivity index (χ0n) is 15.5. The summed E-state index contributed by atoms with van der Waals surface area (Å²) in [6.07, 6.45) is 2.08. The fraction of sp³-hybridized carbons (Fsp3) is 0.579. The third-order valence-electron chi connectivity index (χ3n) is 6.08. The van der Waals surface area contributed by atoms with E-state index < -0.39 is 5.54 Å². The molecule has 1 aromatic carbocycles. The number of para-hydroxylation sites is 1. The molecule has 0 unspecified atom stereocenters. The van der Waals surface area contributed by atoms with Crippen LogP contribution < -0.4 is 10.6 Å². The lowest BCUT2D eigenvalue weighted by atomic mass is 9.96. The molecular formula is C19H26N4OS. The lowest BCUT2D eigenvalue weighted by Crippen LogP contribution is -2.44. The van der Waals surface area contributed by atoms with Gasteiger partial charge in [0.25, 0.3) is 0 Å². The first-order valence-corrected chi connectivity index (χ1v) is 10.0. The molecular weight excluding hydrogens is 332 g/mol. The molecule has 2 N–H and O–H groups in total. The van der Waals surface area contributed by atoms with Crippen LogP contribution >= 0.6 is 11.8 Å². The normalized spacial score (nSPS) is 28.2. The SMILES string of the molecule is CSc1cccc2c(C(C)(C)NC(=O)[C@H]3[C@@H]4CNC[C@@]43C)nn(C)c12. The Kier molecular flexibility index (Phi) is 3.71. The van der Waals surface area contributed by atoms with Crippen LogP contribution in [0.25, 0.3) is 10.9 Å². The topological polar surface area (TPSA) is 59.0 Å². The molecule has 2 fully saturated rings. The Labute approximate surface area is 152 Å². The van der Waals surface area contributed by atoms with Crippen molar-refractivity contribution in [1.29, 1.82) is 0 Å². The molecule has 4 rings (SSSR count). The van der Waals surface area contributed by atoms with Gasteiger partial charge >= 0.3 is 0 Å². The van der Waals surface area contributed by atoms with Gasteiger partial charge in [-0.1, -0.05) is 19.1 Å². The zero-order chi connectivity index (χ0) is 18.0. The van der Waals surface area contributed by atoms with E-state index in [9.17, 15) is 4.79 Å². The van der Waals surface area contributed by atoms with Crippen LogP contribution in [-0.2, 0) is 17.4 Å². The lowest BCUT2D eigenvalue weighted by Gasteiger charge is -2.26. The number of aryl methyl sites for hydroxylation is 1. The second-order valence-electron chi connectivity index (χ2n) is 8.16. The van der Waals surface area contributed by atoms with E-state index in [1.807, 2.05) is 11.7 Å². The Morgan fingerprint density at radius 2 is 2.24 bits per heavy atom. The van der Waals surface area contributed by atoms with Crippen LogP contribution in [0.4, 0.5) is 0 Å². The molecule has 2 aromatic rings. The number of piperidine rings is 1. The molecule has 134 valence electrons. The van der Waals surface area contributed by atoms with Gasteiger partial charge in [-0.05, 0) is 44.0 Å². The number of thioether (sulfide) groups is 1. The molecule has 25 heavy (non-hydrogen) atoms. The molecule has 1 saturated carbocycles. The van der Waals surface area contributed by atoms with E-state index in [2.05, 4.69) is 55.9 Å². The number of nitrogens with one attached hydrogen (secondary N) is 2. The largest absolute Gasteiger partial charge is 0.345 e. The summed E-state index contributed by atoms with van der Waals surface area (Å²) in [5.41, 5.74) is 1.70. The van der Waals surface area contributed by atoms with Crippen molar-refractivity contribution in [3.8, 4) is 0 Å². The number of amides is 1. The van der Waals surface area contributed by atoms with Crippen molar-refractivity contribution in [1.82, 2.24) is 20.4 Å². The molecule has 0 bridgehead atoms. The average Bonchev–Trinajstić information content (AvgIpc) is 2.84. The molecule has 1 amide bonds. The van der Waals surface area contributed by atoms with Crippen LogP contribution in [0.3, 0.4) is 0 Å². The van der Waals surface area contributed by atoms with E-state index in [1.54, 1.807) is 11.8 Å². The smallest absolute Gasteiger partial charge is 0.224 e. The van der Waals surface area contributed by atoms with Gasteiger partial charge in [0.1, 0.15) is 0 Å². The van der Waals surface area contributed by atoms with Crippen molar-refractivity contribution in [2.75, 3.05) is 19.3 Å². The minimum Gasteiger partial charge on any atom is -0.345 e. The van der Waals surface area contributed by atoms with Crippen LogP contribution in [0, 0.1) is 17.3 Å². The summed E-state index contributed by atoms with van der Waals surface area (Å²) in [4.78, 5) is 14.1. The lowest BCUT2D eigenvalue weighted by molar-refractivity contribution is -0.125. The summed E-state index contributed by atoms with van der Waals surface area (Å²) in [5, 5.41) is 12.5. The van der Waals surface area contributed by atoms with Crippen LogP contribution in [0.2, 0.25) is 0 Å². The quantitative estimate of drug-likeness (QED) is 0.825. The summed E-state index contributed by atoms with van der Waals surface area (Å²) in [6.45, 7) is 8.22. The highest BCUT2D eigenvalue weighted by atomic mass is 32.2. The first kappa shape index (κ1) is 16.9. The van der Waals surface area contributed by atoms with Crippen molar-refractivity contribution < 1.29 is 4.79 Å². The number of benzene rings is 1. The predicted octanol–water partition coefficient (Wildman–Crippen LogP) is 2.50. The number of fused-ring (bicyclic) bond motifs is 2. The van der Waals surface area contributed by atoms with E-state index in [-0.39, 0.29) is 17.2 Å². The predicted molar refractivity (Wildman–Crippen MR) is 102 cm³/mol. The molecule has 3 atom stereocenters. The maximum absolute atomic E-state index is 12.9. The molecule has 1 aromatic heterocycles. The monoisotopic (exact) mass is 358 g/mol. The van der Waals surface area contributed by atoms with Gasteiger partial charge in [0.15, 0.2) is 0 Å². The Bertz CT molecular complexity index is 858. The van der Waals surface area contributed by atoms with Crippen molar-refractivity contribution in [3.63, 3.8) is 0 Å². The zero-order valence-corrected chi connectivity index (χ0v) is 16.3. The van der Waals surface area contributed by atoms with Gasteiger partial charge in [0.05, 0.1) is 16.7 Å². The van der Waals surface area contributed by atoms with E-state index >= 15 is 0 Å². The van der Waals surface area contributed by atoms with Crippen LogP contribution in [-0.4, -0.2) is 35.0 Å². The fourth-order valence-corrected chi connectivity index (χ4v) is 5.25. The van der Waals surface area contributed by atoms with E-state index in [0.717, 1.165) is 29.7 Å². The van der Waals surface area contributed by atoms with E-state index in [4.69, 9.17) is 5.10 Å². The molecule has 2 heterocycles. The number of aromatic nitrogens is 2. The average molecular weight is 359 g/mol. The Balaban J connectivity index is 1.65. The molecule has 1 saturated heterocycles. The first-order valence-electron chi connectivity index (χ1n) is 8.82. The first-order chi connectivity index (χ1) is 11.8. The van der Waals surface area contributed by atoms with Crippen LogP contribution in [0.5, 0.6) is 0 Å². The van der Waals surface area contributed by atoms with Gasteiger partial charge in [-0.15, -0.1) is 11.8 Å². The van der Waals surface area contributed by atoms with Gasteiger partial charge in [-0.3, -0.25) is 9.48 Å². The molecule has 1 aliphatic carbocycles. The third kappa shape index (κ3) is 2.41. The van der Waals surface area contributed by atoms with Gasteiger partial charge in [-0.2, -0.15) is 5.10 Å². The Hall–Kier alpha value is -1.53. The van der Waals surface area contributed by atoms with Crippen molar-refractivity contribution in [2.24, 2.45) is 24.3 Å².